The predicted molar refractivity (Wildman–Crippen MR) is 62.8 cm³/mol. The van der Waals surface area contributed by atoms with Crippen LogP contribution in [0.3, 0.4) is 0 Å². The molecule has 0 aliphatic carbocycles. The lowest BCUT2D eigenvalue weighted by atomic mass is 10.3. The highest BCUT2D eigenvalue weighted by Gasteiger charge is 2.21. The van der Waals surface area contributed by atoms with Gasteiger partial charge in [0.2, 0.25) is 5.95 Å². The third-order valence-electron chi connectivity index (χ3n) is 2.98. The summed E-state index contributed by atoms with van der Waals surface area (Å²) in [6.07, 6.45) is 0. The zero-order valence-electron chi connectivity index (χ0n) is 9.57. The molecule has 0 unspecified atom stereocenters. The number of hydrogen-bond donors (Lipinski definition) is 1. The fourth-order valence-corrected chi connectivity index (χ4v) is 2.15. The van der Waals surface area contributed by atoms with Gasteiger partial charge in [0.05, 0.1) is 31.8 Å². The molecule has 2 heterocycles. The van der Waals surface area contributed by atoms with E-state index >= 15 is 0 Å². The van der Waals surface area contributed by atoms with E-state index in [-0.39, 0.29) is 11.5 Å². The van der Waals surface area contributed by atoms with Crippen LogP contribution in [0.4, 0.5) is 14.7 Å². The smallest absolute Gasteiger partial charge is 0.220 e. The number of ether oxygens (including phenoxy) is 1. The fourth-order valence-electron chi connectivity index (χ4n) is 2.15. The van der Waals surface area contributed by atoms with Crippen LogP contribution in [0.25, 0.3) is 11.0 Å². The number of anilines is 1. The number of imidazole rings is 1. The van der Waals surface area contributed by atoms with E-state index in [0.29, 0.717) is 31.8 Å². The number of aromatic nitrogens is 2. The second-order valence-electron chi connectivity index (χ2n) is 4.08. The number of benzene rings is 1. The molecule has 2 N–H and O–H groups in total. The SMILES string of the molecule is Nc1nc2ccc(F)c(F)c2n1N1CCOCC1. The maximum Gasteiger partial charge on any atom is 0.220 e. The molecule has 1 fully saturated rings. The van der Waals surface area contributed by atoms with Gasteiger partial charge in [0.15, 0.2) is 11.6 Å². The molecule has 0 amide bonds. The number of nitrogen functional groups attached to an aromatic ring is 1. The molecule has 0 spiro atoms. The Morgan fingerprint density at radius 2 is 1.94 bits per heavy atom. The number of nitrogens with zero attached hydrogens (tertiary/aromatic N) is 3. The van der Waals surface area contributed by atoms with Crippen molar-refractivity contribution in [3.63, 3.8) is 0 Å². The fraction of sp³-hybridized carbons (Fsp3) is 0.364. The number of nitrogens with two attached hydrogens (primary N) is 1. The number of morpholine rings is 1. The highest BCUT2D eigenvalue weighted by Crippen LogP contribution is 2.23. The summed E-state index contributed by atoms with van der Waals surface area (Å²) in [7, 11) is 0. The Bertz CT molecular complexity index is 592. The lowest BCUT2D eigenvalue weighted by Crippen LogP contribution is -2.44. The molecule has 2 aromatic rings. The van der Waals surface area contributed by atoms with Crippen LogP contribution in [-0.4, -0.2) is 36.0 Å². The monoisotopic (exact) mass is 254 g/mol. The van der Waals surface area contributed by atoms with Gasteiger partial charge in [-0.25, -0.2) is 18.4 Å². The molecule has 0 bridgehead atoms. The molecule has 1 saturated heterocycles. The van der Waals surface area contributed by atoms with Crippen LogP contribution in [0.5, 0.6) is 0 Å². The topological polar surface area (TPSA) is 56.3 Å². The van der Waals surface area contributed by atoms with Crippen molar-refractivity contribution < 1.29 is 13.5 Å². The van der Waals surface area contributed by atoms with Gasteiger partial charge in [0.25, 0.3) is 0 Å². The van der Waals surface area contributed by atoms with Gasteiger partial charge in [0, 0.05) is 0 Å². The van der Waals surface area contributed by atoms with E-state index in [0.717, 1.165) is 6.07 Å². The standard InChI is InChI=1S/C11H12F2N4O/c12-7-1-2-8-10(9(7)13)17(11(14)15-8)16-3-5-18-6-4-16/h1-2H,3-6H2,(H2,14,15). The van der Waals surface area contributed by atoms with Crippen LogP contribution in [0.2, 0.25) is 0 Å². The zero-order valence-corrected chi connectivity index (χ0v) is 9.57. The lowest BCUT2D eigenvalue weighted by molar-refractivity contribution is 0.112. The lowest BCUT2D eigenvalue weighted by Gasteiger charge is -2.30. The molecule has 1 aromatic heterocycles. The van der Waals surface area contributed by atoms with Gasteiger partial charge in [-0.15, -0.1) is 0 Å². The molecule has 1 aliphatic heterocycles. The van der Waals surface area contributed by atoms with E-state index in [4.69, 9.17) is 10.5 Å². The van der Waals surface area contributed by atoms with Crippen LogP contribution >= 0.6 is 0 Å². The molecule has 1 aliphatic rings. The summed E-state index contributed by atoms with van der Waals surface area (Å²) in [6, 6.07) is 2.47. The van der Waals surface area contributed by atoms with E-state index < -0.39 is 11.6 Å². The summed E-state index contributed by atoms with van der Waals surface area (Å²) in [5.41, 5.74) is 6.21. The van der Waals surface area contributed by atoms with Crippen LogP contribution in [0, 0.1) is 11.6 Å². The molecule has 1 aromatic carbocycles. The van der Waals surface area contributed by atoms with Crippen molar-refractivity contribution >= 4 is 17.0 Å². The summed E-state index contributed by atoms with van der Waals surface area (Å²) >= 11 is 0. The summed E-state index contributed by atoms with van der Waals surface area (Å²) < 4.78 is 33.8. The number of fused-ring (bicyclic) bond motifs is 1. The highest BCUT2D eigenvalue weighted by molar-refractivity contribution is 5.79. The van der Waals surface area contributed by atoms with E-state index in [2.05, 4.69) is 4.98 Å². The van der Waals surface area contributed by atoms with Crippen LogP contribution in [0.1, 0.15) is 0 Å². The third kappa shape index (κ3) is 1.59. The van der Waals surface area contributed by atoms with E-state index in [1.165, 1.54) is 10.7 Å². The van der Waals surface area contributed by atoms with Crippen molar-refractivity contribution in [1.82, 2.24) is 9.66 Å². The van der Waals surface area contributed by atoms with Crippen molar-refractivity contribution in [1.29, 1.82) is 0 Å². The van der Waals surface area contributed by atoms with Crippen molar-refractivity contribution in [3.8, 4) is 0 Å². The maximum atomic E-state index is 13.9. The molecule has 18 heavy (non-hydrogen) atoms. The normalized spacial score (nSPS) is 16.4. The molecule has 0 radical (unpaired) electrons. The zero-order chi connectivity index (χ0) is 12.7. The Kier molecular flexibility index (Phi) is 2.55. The first-order chi connectivity index (χ1) is 8.68. The molecular weight excluding hydrogens is 242 g/mol. The second kappa shape index (κ2) is 4.09. The van der Waals surface area contributed by atoms with Crippen molar-refractivity contribution in [2.45, 2.75) is 0 Å². The van der Waals surface area contributed by atoms with Crippen LogP contribution in [-0.2, 0) is 4.74 Å². The first kappa shape index (κ1) is 11.2. The molecule has 3 rings (SSSR count). The minimum Gasteiger partial charge on any atom is -0.378 e. The summed E-state index contributed by atoms with van der Waals surface area (Å²) in [5, 5.41) is 1.80. The largest absolute Gasteiger partial charge is 0.378 e. The molecule has 96 valence electrons. The Balaban J connectivity index is 2.20. The van der Waals surface area contributed by atoms with Crippen molar-refractivity contribution in [2.24, 2.45) is 0 Å². The van der Waals surface area contributed by atoms with Gasteiger partial charge in [-0.3, -0.25) is 0 Å². The summed E-state index contributed by atoms with van der Waals surface area (Å²) in [5.74, 6) is -1.68. The highest BCUT2D eigenvalue weighted by atomic mass is 19.2. The minimum absolute atomic E-state index is 0.0781. The Labute approximate surface area is 102 Å². The van der Waals surface area contributed by atoms with E-state index in [9.17, 15) is 8.78 Å². The van der Waals surface area contributed by atoms with Gasteiger partial charge in [0.1, 0.15) is 5.52 Å². The maximum absolute atomic E-state index is 13.9. The summed E-state index contributed by atoms with van der Waals surface area (Å²) in [4.78, 5) is 4.04. The van der Waals surface area contributed by atoms with Crippen molar-refractivity contribution in [3.05, 3.63) is 23.8 Å². The Morgan fingerprint density at radius 1 is 1.22 bits per heavy atom. The molecule has 5 nitrogen and oxygen atoms in total. The number of hydrogen-bond acceptors (Lipinski definition) is 4. The third-order valence-corrected chi connectivity index (χ3v) is 2.98. The molecular formula is C11H12F2N4O. The Hall–Kier alpha value is -1.89. The molecule has 0 atom stereocenters. The predicted octanol–water partition coefficient (Wildman–Crippen LogP) is 0.865. The van der Waals surface area contributed by atoms with Gasteiger partial charge >= 0.3 is 0 Å². The number of halogens is 2. The van der Waals surface area contributed by atoms with Crippen LogP contribution in [0.15, 0.2) is 12.1 Å². The van der Waals surface area contributed by atoms with Gasteiger partial charge in [-0.1, -0.05) is 0 Å². The van der Waals surface area contributed by atoms with E-state index in [1.807, 2.05) is 0 Å². The molecule has 7 heteroatoms. The van der Waals surface area contributed by atoms with Gasteiger partial charge in [-0.2, -0.15) is 0 Å². The first-order valence-corrected chi connectivity index (χ1v) is 5.63. The average molecular weight is 254 g/mol. The second-order valence-corrected chi connectivity index (χ2v) is 4.08. The average Bonchev–Trinajstić information content (AvgIpc) is 2.72. The Morgan fingerprint density at radius 3 is 2.67 bits per heavy atom. The van der Waals surface area contributed by atoms with Crippen LogP contribution < -0.4 is 10.7 Å². The van der Waals surface area contributed by atoms with E-state index in [1.54, 1.807) is 5.01 Å². The summed E-state index contributed by atoms with van der Waals surface area (Å²) in [6.45, 7) is 2.17. The number of rotatable bonds is 1. The van der Waals surface area contributed by atoms with Crippen molar-refractivity contribution in [2.75, 3.05) is 37.0 Å². The minimum atomic E-state index is -0.928. The van der Waals surface area contributed by atoms with Gasteiger partial charge in [-0.05, 0) is 12.1 Å². The van der Waals surface area contributed by atoms with Gasteiger partial charge < -0.3 is 15.5 Å². The first-order valence-electron chi connectivity index (χ1n) is 5.63. The molecule has 0 saturated carbocycles. The quantitative estimate of drug-likeness (QED) is 0.820.